The second-order valence-corrected chi connectivity index (χ2v) is 3.26. The van der Waals surface area contributed by atoms with Crippen LogP contribution in [-0.2, 0) is 0 Å². The number of ether oxygens (including phenoxy) is 1. The van der Waals surface area contributed by atoms with E-state index in [1.165, 1.54) is 0 Å². The molecule has 1 aromatic heterocycles. The lowest BCUT2D eigenvalue weighted by atomic mass is 10.3. The molecule has 0 bridgehead atoms. The first kappa shape index (κ1) is 11.6. The Morgan fingerprint density at radius 3 is 2.93 bits per heavy atom. The molecule has 0 fully saturated rings. The molecule has 0 aromatic carbocycles. The summed E-state index contributed by atoms with van der Waals surface area (Å²) in [5, 5.41) is 10.5. The van der Waals surface area contributed by atoms with Crippen LogP contribution in [0.3, 0.4) is 0 Å². The number of nitrogens with zero attached hydrogens (tertiary/aromatic N) is 3. The van der Waals surface area contributed by atoms with Crippen molar-refractivity contribution in [3.8, 4) is 5.88 Å². The smallest absolute Gasteiger partial charge is 0.349 e. The van der Waals surface area contributed by atoms with Gasteiger partial charge in [0, 0.05) is 0 Å². The number of hydrogen-bond acceptors (Lipinski definition) is 5. The predicted molar refractivity (Wildman–Crippen MR) is 54.1 cm³/mol. The summed E-state index contributed by atoms with van der Waals surface area (Å²) in [6, 6.07) is 0. The number of halogens is 1. The van der Waals surface area contributed by atoms with Gasteiger partial charge in [0.2, 0.25) is 5.28 Å². The fraction of sp³-hybridized carbons (Fsp3) is 0.500. The quantitative estimate of drug-likeness (QED) is 0.451. The van der Waals surface area contributed by atoms with Crippen molar-refractivity contribution in [1.82, 2.24) is 9.97 Å². The summed E-state index contributed by atoms with van der Waals surface area (Å²) in [4.78, 5) is 17.2. The van der Waals surface area contributed by atoms with Gasteiger partial charge >= 0.3 is 5.69 Å². The van der Waals surface area contributed by atoms with E-state index < -0.39 is 4.92 Å². The molecule has 0 aliphatic carbocycles. The lowest BCUT2D eigenvalue weighted by Crippen LogP contribution is -2.12. The Balaban J connectivity index is 3.02. The largest absolute Gasteiger partial charge is 0.470 e. The van der Waals surface area contributed by atoms with Crippen LogP contribution in [0, 0.1) is 10.1 Å². The van der Waals surface area contributed by atoms with Gasteiger partial charge in [0.1, 0.15) is 6.20 Å². The van der Waals surface area contributed by atoms with Crippen LogP contribution in [0.2, 0.25) is 5.28 Å². The van der Waals surface area contributed by atoms with Crippen molar-refractivity contribution in [2.75, 3.05) is 0 Å². The number of aromatic nitrogens is 2. The van der Waals surface area contributed by atoms with E-state index in [2.05, 4.69) is 9.97 Å². The van der Waals surface area contributed by atoms with E-state index in [0.29, 0.717) is 0 Å². The third-order valence-electron chi connectivity index (χ3n) is 1.79. The maximum Gasteiger partial charge on any atom is 0.349 e. The molecule has 0 aliphatic rings. The number of nitro groups is 1. The molecule has 0 N–H and O–H groups in total. The first-order valence-corrected chi connectivity index (χ1v) is 4.76. The van der Waals surface area contributed by atoms with Crippen molar-refractivity contribution in [2.45, 2.75) is 26.4 Å². The molecule has 1 atom stereocenters. The van der Waals surface area contributed by atoms with Gasteiger partial charge < -0.3 is 4.74 Å². The zero-order valence-corrected chi connectivity index (χ0v) is 9.06. The molecule has 0 radical (unpaired) electrons. The van der Waals surface area contributed by atoms with Gasteiger partial charge in [-0.25, -0.2) is 4.98 Å². The topological polar surface area (TPSA) is 78.2 Å². The molecule has 1 heterocycles. The zero-order valence-electron chi connectivity index (χ0n) is 8.31. The van der Waals surface area contributed by atoms with Crippen molar-refractivity contribution in [3.63, 3.8) is 0 Å². The summed E-state index contributed by atoms with van der Waals surface area (Å²) < 4.78 is 5.26. The fourth-order valence-electron chi connectivity index (χ4n) is 0.825. The molecule has 0 spiro atoms. The van der Waals surface area contributed by atoms with Crippen LogP contribution in [0.5, 0.6) is 5.88 Å². The van der Waals surface area contributed by atoms with Crippen molar-refractivity contribution in [3.05, 3.63) is 21.6 Å². The van der Waals surface area contributed by atoms with E-state index >= 15 is 0 Å². The summed E-state index contributed by atoms with van der Waals surface area (Å²) in [7, 11) is 0. The molecule has 82 valence electrons. The van der Waals surface area contributed by atoms with Crippen molar-refractivity contribution in [2.24, 2.45) is 0 Å². The van der Waals surface area contributed by atoms with Crippen molar-refractivity contribution < 1.29 is 9.66 Å². The Labute approximate surface area is 91.4 Å². The van der Waals surface area contributed by atoms with Gasteiger partial charge in [-0.3, -0.25) is 10.1 Å². The van der Waals surface area contributed by atoms with Gasteiger partial charge in [-0.2, -0.15) is 4.98 Å². The molecule has 1 aromatic rings. The van der Waals surface area contributed by atoms with Crippen LogP contribution in [0.25, 0.3) is 0 Å². The second kappa shape index (κ2) is 4.88. The van der Waals surface area contributed by atoms with Gasteiger partial charge in [-0.05, 0) is 24.9 Å². The molecule has 7 heteroatoms. The average Bonchev–Trinajstić information content (AvgIpc) is 2.17. The highest BCUT2D eigenvalue weighted by Crippen LogP contribution is 2.25. The van der Waals surface area contributed by atoms with Gasteiger partial charge in [0.05, 0.1) is 11.0 Å². The third kappa shape index (κ3) is 3.02. The van der Waals surface area contributed by atoms with Gasteiger partial charge in [0.15, 0.2) is 0 Å². The molecule has 1 unspecified atom stereocenters. The van der Waals surface area contributed by atoms with E-state index in [1.54, 1.807) is 6.92 Å². The molecule has 6 nitrogen and oxygen atoms in total. The fourth-order valence-corrected chi connectivity index (χ4v) is 0.951. The molecule has 0 saturated heterocycles. The van der Waals surface area contributed by atoms with E-state index in [-0.39, 0.29) is 23.0 Å². The van der Waals surface area contributed by atoms with Gasteiger partial charge in [-0.1, -0.05) is 6.92 Å². The van der Waals surface area contributed by atoms with Crippen LogP contribution in [0.4, 0.5) is 5.69 Å². The van der Waals surface area contributed by atoms with Crippen molar-refractivity contribution in [1.29, 1.82) is 0 Å². The number of hydrogen-bond donors (Lipinski definition) is 0. The van der Waals surface area contributed by atoms with Crippen LogP contribution in [0.1, 0.15) is 20.3 Å². The minimum atomic E-state index is -0.603. The highest BCUT2D eigenvalue weighted by Gasteiger charge is 2.19. The van der Waals surface area contributed by atoms with E-state index in [1.807, 2.05) is 6.92 Å². The molecule has 1 rings (SSSR count). The van der Waals surface area contributed by atoms with E-state index in [9.17, 15) is 10.1 Å². The normalized spacial score (nSPS) is 12.2. The minimum absolute atomic E-state index is 0.0705. The average molecular weight is 232 g/mol. The van der Waals surface area contributed by atoms with Gasteiger partial charge in [-0.15, -0.1) is 0 Å². The molecule has 0 aliphatic heterocycles. The first-order chi connectivity index (χ1) is 7.04. The monoisotopic (exact) mass is 231 g/mol. The molecular formula is C8H10ClN3O3. The highest BCUT2D eigenvalue weighted by atomic mass is 35.5. The van der Waals surface area contributed by atoms with Crippen LogP contribution in [0.15, 0.2) is 6.20 Å². The third-order valence-corrected chi connectivity index (χ3v) is 1.97. The number of rotatable bonds is 4. The molecular weight excluding hydrogens is 222 g/mol. The Kier molecular flexibility index (Phi) is 3.79. The van der Waals surface area contributed by atoms with Crippen molar-refractivity contribution >= 4 is 17.3 Å². The first-order valence-electron chi connectivity index (χ1n) is 4.38. The molecule has 0 amide bonds. The van der Waals surface area contributed by atoms with Crippen LogP contribution >= 0.6 is 11.6 Å². The second-order valence-electron chi connectivity index (χ2n) is 2.92. The Morgan fingerprint density at radius 2 is 2.40 bits per heavy atom. The summed E-state index contributed by atoms with van der Waals surface area (Å²) in [6.45, 7) is 3.69. The maximum absolute atomic E-state index is 10.6. The lowest BCUT2D eigenvalue weighted by molar-refractivity contribution is -0.386. The van der Waals surface area contributed by atoms with Crippen LogP contribution < -0.4 is 4.74 Å². The zero-order chi connectivity index (χ0) is 11.4. The lowest BCUT2D eigenvalue weighted by Gasteiger charge is -2.10. The maximum atomic E-state index is 10.6. The summed E-state index contributed by atoms with van der Waals surface area (Å²) in [6.07, 6.45) is 1.60. The Morgan fingerprint density at radius 1 is 1.73 bits per heavy atom. The SMILES string of the molecule is CCC(C)Oc1nc(Cl)ncc1[N+](=O)[O-]. The summed E-state index contributed by atoms with van der Waals surface area (Å²) in [5.74, 6) is -0.0886. The Hall–Kier alpha value is -1.43. The highest BCUT2D eigenvalue weighted by molar-refractivity contribution is 6.28. The Bertz CT molecular complexity index is 372. The molecule has 0 saturated carbocycles. The minimum Gasteiger partial charge on any atom is -0.470 e. The summed E-state index contributed by atoms with van der Waals surface area (Å²) in [5.41, 5.74) is -0.278. The van der Waals surface area contributed by atoms with Crippen LogP contribution in [-0.4, -0.2) is 21.0 Å². The van der Waals surface area contributed by atoms with E-state index in [0.717, 1.165) is 12.6 Å². The summed E-state index contributed by atoms with van der Waals surface area (Å²) >= 11 is 5.52. The van der Waals surface area contributed by atoms with Gasteiger partial charge in [0.25, 0.3) is 5.88 Å². The standard InChI is InChI=1S/C8H10ClN3O3/c1-3-5(2)15-7-6(12(13)14)4-10-8(9)11-7/h4-5H,3H2,1-2H3. The van der Waals surface area contributed by atoms with E-state index in [4.69, 9.17) is 16.3 Å². The molecule has 15 heavy (non-hydrogen) atoms. The predicted octanol–water partition coefficient (Wildman–Crippen LogP) is 2.22.